The second kappa shape index (κ2) is 13.4. The average Bonchev–Trinajstić information content (AvgIpc) is 2.51. The molecule has 0 spiro atoms. The minimum Gasteiger partial charge on any atom is -0.465 e. The number of hydrogen-bond acceptors (Lipinski definition) is 9. The molecule has 130 valence electrons. The summed E-state index contributed by atoms with van der Waals surface area (Å²) in [6.45, 7) is 4.59. The zero-order valence-electron chi connectivity index (χ0n) is 13.2. The second-order valence-electron chi connectivity index (χ2n) is 4.16. The van der Waals surface area contributed by atoms with E-state index >= 15 is 0 Å². The number of rotatable bonds is 13. The van der Waals surface area contributed by atoms with E-state index in [-0.39, 0.29) is 19.8 Å². The summed E-state index contributed by atoms with van der Waals surface area (Å²) < 4.78 is 15.1. The zero-order valence-corrected chi connectivity index (χ0v) is 15.6. The highest BCUT2D eigenvalue weighted by Gasteiger charge is 2.49. The molecule has 9 heteroatoms. The van der Waals surface area contributed by atoms with Crippen LogP contribution in [0.3, 0.4) is 0 Å². The van der Waals surface area contributed by atoms with Crippen LogP contribution in [-0.4, -0.2) is 55.2 Å². The van der Waals surface area contributed by atoms with Gasteiger partial charge in [-0.3, -0.25) is 9.59 Å². The molecule has 0 rings (SSSR count). The lowest BCUT2D eigenvalue weighted by Gasteiger charge is -2.26. The predicted octanol–water partition coefficient (Wildman–Crippen LogP) is 2.51. The normalized spacial score (nSPS) is 11.3. The molecule has 0 saturated heterocycles. The van der Waals surface area contributed by atoms with E-state index in [2.05, 4.69) is 6.92 Å². The van der Waals surface area contributed by atoms with Crippen LogP contribution in [-0.2, 0) is 23.8 Å². The molecule has 0 saturated carbocycles. The van der Waals surface area contributed by atoms with Crippen LogP contribution < -0.4 is 0 Å². The molecule has 0 aliphatic rings. The average molecular weight is 373 g/mol. The van der Waals surface area contributed by atoms with E-state index in [4.69, 9.17) is 14.2 Å². The maximum absolute atomic E-state index is 12.0. The van der Waals surface area contributed by atoms with Crippen molar-refractivity contribution in [3.63, 3.8) is 0 Å². The number of ether oxygens (including phenoxy) is 3. The molecule has 0 aromatic rings. The molecule has 0 atom stereocenters. The number of aliphatic hydroxyl groups is 1. The molecule has 0 heterocycles. The van der Waals surface area contributed by atoms with Gasteiger partial charge in [0.1, 0.15) is 5.94 Å². The molecular formula is C13H24O6S3. The fourth-order valence-corrected chi connectivity index (χ4v) is 4.64. The Kier molecular flexibility index (Phi) is 13.3. The number of carbonyl (C=O) groups excluding carboxylic acids is 2. The first-order chi connectivity index (χ1) is 10.6. The van der Waals surface area contributed by atoms with E-state index in [1.807, 2.05) is 0 Å². The Morgan fingerprint density at radius 3 is 2.09 bits per heavy atom. The Morgan fingerprint density at radius 2 is 1.64 bits per heavy atom. The third-order valence-electron chi connectivity index (χ3n) is 2.47. The molecule has 0 fully saturated rings. The quantitative estimate of drug-likeness (QED) is 0.172. The predicted molar refractivity (Wildman–Crippen MR) is 91.5 cm³/mol. The van der Waals surface area contributed by atoms with Crippen molar-refractivity contribution in [1.29, 1.82) is 0 Å². The third-order valence-corrected chi connectivity index (χ3v) is 6.59. The van der Waals surface area contributed by atoms with Crippen molar-refractivity contribution in [3.05, 3.63) is 0 Å². The van der Waals surface area contributed by atoms with Crippen molar-refractivity contribution in [3.8, 4) is 0 Å². The monoisotopic (exact) mass is 372 g/mol. The molecule has 0 aliphatic carbocycles. The van der Waals surface area contributed by atoms with Crippen LogP contribution in [0.25, 0.3) is 0 Å². The van der Waals surface area contributed by atoms with Crippen molar-refractivity contribution >= 4 is 43.4 Å². The van der Waals surface area contributed by atoms with Gasteiger partial charge >= 0.3 is 11.9 Å². The van der Waals surface area contributed by atoms with Crippen LogP contribution in [0.15, 0.2) is 0 Å². The van der Waals surface area contributed by atoms with E-state index in [1.54, 1.807) is 34.5 Å². The van der Waals surface area contributed by atoms with Crippen molar-refractivity contribution < 1.29 is 28.9 Å². The van der Waals surface area contributed by atoms with Gasteiger partial charge in [0.2, 0.25) is 5.41 Å². The minimum atomic E-state index is -1.81. The number of carbonyl (C=O) groups is 2. The van der Waals surface area contributed by atoms with Crippen molar-refractivity contribution in [2.45, 2.75) is 27.2 Å². The first-order valence-corrected chi connectivity index (χ1v) is 10.8. The zero-order chi connectivity index (χ0) is 16.8. The molecule has 0 radical (unpaired) electrons. The number of hydrogen-bond donors (Lipinski definition) is 1. The Labute approximate surface area is 143 Å². The van der Waals surface area contributed by atoms with Crippen LogP contribution in [0.2, 0.25) is 0 Å². The first-order valence-electron chi connectivity index (χ1n) is 7.03. The van der Waals surface area contributed by atoms with E-state index < -0.39 is 24.0 Å². The Balaban J connectivity index is 4.52. The number of esters is 2. The summed E-state index contributed by atoms with van der Waals surface area (Å²) in [4.78, 5) is 24.1. The maximum atomic E-state index is 12.0. The molecule has 0 unspecified atom stereocenters. The van der Waals surface area contributed by atoms with Gasteiger partial charge in [-0.15, -0.1) is 0 Å². The molecule has 0 amide bonds. The summed E-state index contributed by atoms with van der Waals surface area (Å²) in [5.41, 5.74) is -1.81. The van der Waals surface area contributed by atoms with Crippen molar-refractivity contribution in [2.24, 2.45) is 5.41 Å². The van der Waals surface area contributed by atoms with Gasteiger partial charge in [-0.05, 0) is 30.1 Å². The fraction of sp³-hybridized carbons (Fsp3) is 0.846. The summed E-state index contributed by atoms with van der Waals surface area (Å²) >= 11 is 0. The number of aliphatic hydroxyl groups excluding tert-OH is 1. The molecule has 0 aliphatic heterocycles. The van der Waals surface area contributed by atoms with Crippen LogP contribution in [0.1, 0.15) is 27.2 Å². The summed E-state index contributed by atoms with van der Waals surface area (Å²) in [5, 5.41) is 9.55. The van der Waals surface area contributed by atoms with Gasteiger partial charge < -0.3 is 19.3 Å². The molecule has 0 aromatic carbocycles. The highest BCUT2D eigenvalue weighted by molar-refractivity contribution is 9.09. The Morgan fingerprint density at radius 1 is 1.05 bits per heavy atom. The first kappa shape index (κ1) is 21.9. The molecular weight excluding hydrogens is 348 g/mol. The highest BCUT2D eigenvalue weighted by Crippen LogP contribution is 2.35. The van der Waals surface area contributed by atoms with Gasteiger partial charge in [0.05, 0.1) is 26.4 Å². The SMILES string of the molecule is CCCSSSCOCC(CO)(C(=O)OCC)C(=O)OCC. The summed E-state index contributed by atoms with van der Waals surface area (Å²) in [6.07, 6.45) is 1.10. The molecule has 1 N–H and O–H groups in total. The van der Waals surface area contributed by atoms with E-state index in [9.17, 15) is 14.7 Å². The largest absolute Gasteiger partial charge is 0.465 e. The van der Waals surface area contributed by atoms with Crippen molar-refractivity contribution in [1.82, 2.24) is 0 Å². The van der Waals surface area contributed by atoms with E-state index in [0.29, 0.717) is 5.94 Å². The fourth-order valence-electron chi connectivity index (χ4n) is 1.34. The van der Waals surface area contributed by atoms with E-state index in [1.165, 1.54) is 10.8 Å². The summed E-state index contributed by atoms with van der Waals surface area (Å²) in [7, 11) is 4.77. The lowest BCUT2D eigenvalue weighted by Crippen LogP contribution is -2.48. The van der Waals surface area contributed by atoms with Crippen molar-refractivity contribution in [2.75, 3.05) is 38.1 Å². The van der Waals surface area contributed by atoms with Gasteiger partial charge in [-0.1, -0.05) is 28.5 Å². The topological polar surface area (TPSA) is 82.1 Å². The third kappa shape index (κ3) is 7.45. The minimum absolute atomic E-state index is 0.109. The van der Waals surface area contributed by atoms with Gasteiger partial charge in [-0.25, -0.2) is 0 Å². The standard InChI is InChI=1S/C13H24O6S3/c1-4-7-20-22-21-10-17-9-13(8-14,11(15)18-5-2)12(16)19-6-3/h14H,4-10H2,1-3H3. The van der Waals surface area contributed by atoms with Gasteiger partial charge in [0.25, 0.3) is 0 Å². The molecule has 22 heavy (non-hydrogen) atoms. The Hall–Kier alpha value is -0.0900. The van der Waals surface area contributed by atoms with Gasteiger partial charge in [0, 0.05) is 5.75 Å². The van der Waals surface area contributed by atoms with Gasteiger partial charge in [0.15, 0.2) is 0 Å². The highest BCUT2D eigenvalue weighted by atomic mass is 33.5. The van der Waals surface area contributed by atoms with Crippen LogP contribution in [0, 0.1) is 5.41 Å². The molecule has 6 nitrogen and oxygen atoms in total. The second-order valence-corrected chi connectivity index (χ2v) is 8.45. The summed E-state index contributed by atoms with van der Waals surface area (Å²) in [5.74, 6) is -0.311. The molecule has 0 aromatic heterocycles. The smallest absolute Gasteiger partial charge is 0.328 e. The lowest BCUT2D eigenvalue weighted by molar-refractivity contribution is -0.179. The lowest BCUT2D eigenvalue weighted by atomic mass is 9.90. The summed E-state index contributed by atoms with van der Waals surface area (Å²) in [6, 6.07) is 0. The van der Waals surface area contributed by atoms with Crippen LogP contribution >= 0.6 is 31.4 Å². The molecule has 0 bridgehead atoms. The Bertz CT molecular complexity index is 309. The van der Waals surface area contributed by atoms with Crippen LogP contribution in [0.4, 0.5) is 0 Å². The van der Waals surface area contributed by atoms with Crippen LogP contribution in [0.5, 0.6) is 0 Å². The van der Waals surface area contributed by atoms with E-state index in [0.717, 1.165) is 12.2 Å². The maximum Gasteiger partial charge on any atom is 0.328 e. The van der Waals surface area contributed by atoms with Gasteiger partial charge in [-0.2, -0.15) is 0 Å².